The van der Waals surface area contributed by atoms with Crippen LogP contribution >= 0.6 is 11.6 Å². The van der Waals surface area contributed by atoms with E-state index in [0.717, 1.165) is 36.0 Å². The molecule has 6 atom stereocenters. The smallest absolute Gasteiger partial charge is 0.411 e. The number of carbonyl (C=O) groups is 1. The normalized spacial score (nSPS) is 22.9. The number of nitrogens with zero attached hydrogens (tertiary/aromatic N) is 3. The third-order valence-corrected chi connectivity index (χ3v) is 13.1. The van der Waals surface area contributed by atoms with E-state index >= 15 is 13.2 Å². The summed E-state index contributed by atoms with van der Waals surface area (Å²) in [5.74, 6) is 1.68. The fourth-order valence-electron chi connectivity index (χ4n) is 9.58. The van der Waals surface area contributed by atoms with Crippen LogP contribution in [0.25, 0.3) is 0 Å². The second kappa shape index (κ2) is 20.6. The molecule has 61 heavy (non-hydrogen) atoms. The molecule has 13 heteroatoms. The maximum absolute atomic E-state index is 18.5. The molecule has 0 bridgehead atoms. The SMILES string of the molecule is COc1cccc(C2CCCN(C(F)C(COC(=O)Nc3ccc(Cl)cc3)(C(F)N3CCCC(c4cccc(OC)c4)C3)C(F)N3CCCC(c4cccc(OC)c4)C3)C2)c1. The summed E-state index contributed by atoms with van der Waals surface area (Å²) in [5.41, 5.74) is 0.757. The lowest BCUT2D eigenvalue weighted by molar-refractivity contribution is -0.218. The fourth-order valence-corrected chi connectivity index (χ4v) is 9.71. The van der Waals surface area contributed by atoms with Gasteiger partial charge in [0.1, 0.15) is 29.3 Å². The van der Waals surface area contributed by atoms with Crippen LogP contribution in [-0.2, 0) is 4.74 Å². The van der Waals surface area contributed by atoms with Crippen molar-refractivity contribution in [3.8, 4) is 17.2 Å². The lowest BCUT2D eigenvalue weighted by Crippen LogP contribution is -2.67. The number of rotatable bonds is 15. The van der Waals surface area contributed by atoms with E-state index in [0.29, 0.717) is 47.2 Å². The number of amides is 1. The summed E-state index contributed by atoms with van der Waals surface area (Å²) in [5, 5.41) is 3.12. The maximum atomic E-state index is 18.5. The van der Waals surface area contributed by atoms with Gasteiger partial charge in [-0.1, -0.05) is 48.0 Å². The quantitative estimate of drug-likeness (QED) is 0.119. The zero-order valence-corrected chi connectivity index (χ0v) is 36.0. The molecular weight excluding hydrogens is 805 g/mol. The van der Waals surface area contributed by atoms with Crippen LogP contribution in [0.4, 0.5) is 23.7 Å². The van der Waals surface area contributed by atoms with E-state index in [-0.39, 0.29) is 57.0 Å². The number of piperidine rings is 3. The molecule has 0 spiro atoms. The van der Waals surface area contributed by atoms with Gasteiger partial charge in [-0.3, -0.25) is 20.0 Å². The van der Waals surface area contributed by atoms with Gasteiger partial charge in [0.2, 0.25) is 0 Å². The van der Waals surface area contributed by atoms with Crippen molar-refractivity contribution in [2.24, 2.45) is 5.41 Å². The van der Waals surface area contributed by atoms with Crippen LogP contribution in [0.15, 0.2) is 97.1 Å². The Bertz CT molecular complexity index is 1870. The number of hydrogen-bond donors (Lipinski definition) is 1. The number of carbonyl (C=O) groups excluding carboxylic acids is 1. The minimum absolute atomic E-state index is 0.120. The van der Waals surface area contributed by atoms with Gasteiger partial charge < -0.3 is 18.9 Å². The van der Waals surface area contributed by atoms with Gasteiger partial charge >= 0.3 is 6.09 Å². The van der Waals surface area contributed by atoms with E-state index in [9.17, 15) is 4.79 Å². The van der Waals surface area contributed by atoms with Gasteiger partial charge in [-0.15, -0.1) is 0 Å². The third kappa shape index (κ3) is 10.4. The Hall–Kier alpha value is -4.49. The third-order valence-electron chi connectivity index (χ3n) is 12.9. The van der Waals surface area contributed by atoms with Crippen LogP contribution in [0.3, 0.4) is 0 Å². The summed E-state index contributed by atoms with van der Waals surface area (Å²) < 4.78 is 78.0. The zero-order chi connectivity index (χ0) is 42.9. The Kier molecular flexibility index (Phi) is 15.0. The number of alkyl halides is 3. The fraction of sp³-hybridized carbons (Fsp3) is 0.479. The van der Waals surface area contributed by atoms with Crippen molar-refractivity contribution in [3.05, 3.63) is 119 Å². The average Bonchev–Trinajstić information content (AvgIpc) is 3.32. The highest BCUT2D eigenvalue weighted by molar-refractivity contribution is 6.30. The molecule has 3 aliphatic rings. The Morgan fingerprint density at radius 1 is 0.639 bits per heavy atom. The van der Waals surface area contributed by atoms with Crippen molar-refractivity contribution in [2.75, 3.05) is 72.5 Å². The number of nitrogens with one attached hydrogen (secondary N) is 1. The van der Waals surface area contributed by atoms with Gasteiger partial charge in [-0.2, -0.15) is 0 Å². The van der Waals surface area contributed by atoms with Crippen LogP contribution in [0, 0.1) is 5.41 Å². The van der Waals surface area contributed by atoms with Crippen LogP contribution in [-0.4, -0.2) is 107 Å². The maximum Gasteiger partial charge on any atom is 0.411 e. The number of benzene rings is 4. The Morgan fingerprint density at radius 3 is 1.38 bits per heavy atom. The van der Waals surface area contributed by atoms with E-state index in [1.807, 2.05) is 72.8 Å². The summed E-state index contributed by atoms with van der Waals surface area (Å²) in [6.45, 7) is 0.606. The Labute approximate surface area is 363 Å². The first-order valence-corrected chi connectivity index (χ1v) is 21.7. The molecule has 3 fully saturated rings. The van der Waals surface area contributed by atoms with E-state index in [1.54, 1.807) is 60.3 Å². The minimum Gasteiger partial charge on any atom is -0.497 e. The number of anilines is 1. The summed E-state index contributed by atoms with van der Waals surface area (Å²) in [7, 11) is 4.80. The van der Waals surface area contributed by atoms with Crippen LogP contribution in [0.5, 0.6) is 17.2 Å². The molecule has 0 saturated carbocycles. The number of halogens is 4. The Balaban J connectivity index is 1.27. The lowest BCUT2D eigenvalue weighted by atomic mass is 9.78. The number of hydrogen-bond acceptors (Lipinski definition) is 8. The lowest BCUT2D eigenvalue weighted by Gasteiger charge is -2.52. The first-order valence-electron chi connectivity index (χ1n) is 21.4. The van der Waals surface area contributed by atoms with Crippen molar-refractivity contribution in [2.45, 2.75) is 75.2 Å². The van der Waals surface area contributed by atoms with E-state index in [4.69, 9.17) is 30.5 Å². The molecule has 4 aromatic rings. The summed E-state index contributed by atoms with van der Waals surface area (Å²) in [4.78, 5) is 18.3. The second-order valence-electron chi connectivity index (χ2n) is 16.7. The first-order chi connectivity index (χ1) is 29.6. The van der Waals surface area contributed by atoms with Crippen molar-refractivity contribution in [1.82, 2.24) is 14.7 Å². The molecule has 4 aromatic carbocycles. The predicted molar refractivity (Wildman–Crippen MR) is 233 cm³/mol. The largest absolute Gasteiger partial charge is 0.497 e. The number of methoxy groups -OCH3 is 3. The summed E-state index contributed by atoms with van der Waals surface area (Å²) in [6, 6.07) is 29.4. The predicted octanol–water partition coefficient (Wildman–Crippen LogP) is 10.4. The summed E-state index contributed by atoms with van der Waals surface area (Å²) in [6.07, 6.45) is -3.41. The molecule has 7 rings (SSSR count). The first kappa shape index (κ1) is 44.6. The van der Waals surface area contributed by atoms with Gasteiger partial charge in [-0.05, 0) is 134 Å². The molecule has 0 radical (unpaired) electrons. The molecular formula is C48H58ClF3N4O5. The van der Waals surface area contributed by atoms with Gasteiger partial charge in [0.25, 0.3) is 0 Å². The number of likely N-dealkylation sites (tertiary alicyclic amines) is 3. The highest BCUT2D eigenvalue weighted by Gasteiger charge is 2.61. The van der Waals surface area contributed by atoms with Gasteiger partial charge in [0, 0.05) is 50.0 Å². The summed E-state index contributed by atoms with van der Waals surface area (Å²) >= 11 is 6.09. The molecule has 0 aromatic heterocycles. The topological polar surface area (TPSA) is 75.7 Å². The molecule has 6 unspecified atom stereocenters. The van der Waals surface area contributed by atoms with E-state index < -0.39 is 37.0 Å². The van der Waals surface area contributed by atoms with E-state index in [2.05, 4.69) is 5.32 Å². The molecule has 0 aliphatic carbocycles. The van der Waals surface area contributed by atoms with Crippen LogP contribution < -0.4 is 19.5 Å². The second-order valence-corrected chi connectivity index (χ2v) is 17.1. The van der Waals surface area contributed by atoms with Crippen molar-refractivity contribution in [1.29, 1.82) is 0 Å². The van der Waals surface area contributed by atoms with Crippen LogP contribution in [0.2, 0.25) is 5.02 Å². The molecule has 328 valence electrons. The molecule has 9 nitrogen and oxygen atoms in total. The Morgan fingerprint density at radius 2 is 1.02 bits per heavy atom. The molecule has 3 saturated heterocycles. The van der Waals surface area contributed by atoms with Crippen molar-refractivity contribution < 1.29 is 36.9 Å². The standard InChI is InChI=1S/C48H58ClF3N4O5/c1-58-41-16-4-10-33(26-41)36-13-7-23-54(29-36)44(50)48(32-61-47(57)53-40-21-19-39(49)20-22-40,45(51)55-24-8-14-37(30-55)34-11-5-17-42(27-34)59-2)46(52)56-25-9-15-38(31-56)35-12-6-18-43(28-35)60-3/h4-6,10-12,16-22,26-28,36-38,44-46H,7-9,13-15,23-25,29-32H2,1-3H3,(H,53,57). The van der Waals surface area contributed by atoms with E-state index in [1.165, 1.54) is 0 Å². The zero-order valence-electron chi connectivity index (χ0n) is 35.3. The van der Waals surface area contributed by atoms with Gasteiger partial charge in [0.15, 0.2) is 18.9 Å². The minimum atomic E-state index is -2.50. The highest BCUT2D eigenvalue weighted by Crippen LogP contribution is 2.47. The van der Waals surface area contributed by atoms with Crippen molar-refractivity contribution in [3.63, 3.8) is 0 Å². The monoisotopic (exact) mass is 862 g/mol. The van der Waals surface area contributed by atoms with Crippen molar-refractivity contribution >= 4 is 23.4 Å². The van der Waals surface area contributed by atoms with Gasteiger partial charge in [-0.25, -0.2) is 18.0 Å². The average molecular weight is 863 g/mol. The van der Waals surface area contributed by atoms with Gasteiger partial charge in [0.05, 0.1) is 21.3 Å². The molecule has 3 heterocycles. The van der Waals surface area contributed by atoms with Crippen LogP contribution in [0.1, 0.15) is 73.0 Å². The molecule has 1 N–H and O–H groups in total. The molecule has 1 amide bonds. The highest BCUT2D eigenvalue weighted by atomic mass is 35.5. The number of ether oxygens (including phenoxy) is 4. The molecule has 3 aliphatic heterocycles.